The fourth-order valence-electron chi connectivity index (χ4n) is 2.32. The molecular weight excluding hydrogens is 368 g/mol. The minimum absolute atomic E-state index is 0.0566. The lowest BCUT2D eigenvalue weighted by molar-refractivity contribution is 0.561. The van der Waals surface area contributed by atoms with E-state index in [4.69, 9.17) is 17.4 Å². The minimum Gasteiger partial charge on any atom is -0.271 e. The Morgan fingerprint density at radius 2 is 2.00 bits per heavy atom. The van der Waals surface area contributed by atoms with Crippen LogP contribution in [-0.2, 0) is 6.42 Å². The highest BCUT2D eigenvalue weighted by Crippen LogP contribution is 2.32. The molecule has 3 rings (SSSR count). The lowest BCUT2D eigenvalue weighted by Crippen LogP contribution is -2.29. The molecular formula is C16H14BrClN2S. The lowest BCUT2D eigenvalue weighted by atomic mass is 10.0. The molecule has 1 atom stereocenters. The molecule has 0 spiro atoms. The van der Waals surface area contributed by atoms with E-state index in [0.717, 1.165) is 21.5 Å². The Bertz CT molecular complexity index is 739. The summed E-state index contributed by atoms with van der Waals surface area (Å²) in [5, 5.41) is 2.00. The summed E-state index contributed by atoms with van der Waals surface area (Å²) in [6.45, 7) is 0. The number of fused-ring (bicyclic) bond motifs is 1. The maximum Gasteiger partial charge on any atom is 0.0594 e. The number of halogens is 2. The van der Waals surface area contributed by atoms with Gasteiger partial charge < -0.3 is 0 Å². The first kappa shape index (κ1) is 15.0. The van der Waals surface area contributed by atoms with Crippen LogP contribution in [0.1, 0.15) is 16.5 Å². The van der Waals surface area contributed by atoms with Crippen LogP contribution in [-0.4, -0.2) is 0 Å². The number of rotatable bonds is 4. The van der Waals surface area contributed by atoms with Crippen LogP contribution in [0.25, 0.3) is 10.1 Å². The third kappa shape index (κ3) is 3.30. The molecule has 3 N–H and O–H groups in total. The van der Waals surface area contributed by atoms with Gasteiger partial charge in [-0.25, -0.2) is 0 Å². The third-order valence-corrected chi connectivity index (χ3v) is 5.50. The van der Waals surface area contributed by atoms with Crippen molar-refractivity contribution < 1.29 is 0 Å². The molecule has 0 aliphatic heterocycles. The van der Waals surface area contributed by atoms with Crippen molar-refractivity contribution in [3.05, 3.63) is 68.5 Å². The largest absolute Gasteiger partial charge is 0.271 e. The van der Waals surface area contributed by atoms with E-state index in [-0.39, 0.29) is 6.04 Å². The first-order valence-electron chi connectivity index (χ1n) is 6.56. The first-order valence-corrected chi connectivity index (χ1v) is 8.54. The number of hydrogen-bond donors (Lipinski definition) is 2. The Hall–Kier alpha value is -0.910. The smallest absolute Gasteiger partial charge is 0.0594 e. The van der Waals surface area contributed by atoms with Gasteiger partial charge in [-0.1, -0.05) is 51.8 Å². The lowest BCUT2D eigenvalue weighted by Gasteiger charge is -2.15. The summed E-state index contributed by atoms with van der Waals surface area (Å²) in [7, 11) is 0. The molecule has 1 heterocycles. The molecule has 2 nitrogen and oxygen atoms in total. The molecule has 0 amide bonds. The molecule has 0 radical (unpaired) electrons. The van der Waals surface area contributed by atoms with Gasteiger partial charge in [0.05, 0.1) is 6.04 Å². The maximum absolute atomic E-state index is 6.30. The molecule has 0 aliphatic rings. The molecule has 0 fully saturated rings. The Labute approximate surface area is 141 Å². The van der Waals surface area contributed by atoms with E-state index < -0.39 is 0 Å². The molecule has 3 aromatic rings. The predicted molar refractivity (Wildman–Crippen MR) is 94.7 cm³/mol. The quantitative estimate of drug-likeness (QED) is 0.489. The monoisotopic (exact) mass is 380 g/mol. The fourth-order valence-corrected chi connectivity index (χ4v) is 4.20. The van der Waals surface area contributed by atoms with Crippen LogP contribution in [0.5, 0.6) is 0 Å². The van der Waals surface area contributed by atoms with Crippen molar-refractivity contribution in [3.63, 3.8) is 0 Å². The summed E-state index contributed by atoms with van der Waals surface area (Å²) in [5.74, 6) is 5.76. The molecule has 0 aliphatic carbocycles. The van der Waals surface area contributed by atoms with Gasteiger partial charge in [-0.3, -0.25) is 11.3 Å². The van der Waals surface area contributed by atoms with E-state index in [1.54, 1.807) is 11.3 Å². The van der Waals surface area contributed by atoms with Crippen LogP contribution >= 0.6 is 38.9 Å². The van der Waals surface area contributed by atoms with Gasteiger partial charge in [0.15, 0.2) is 0 Å². The third-order valence-electron chi connectivity index (χ3n) is 3.43. The number of nitrogens with one attached hydrogen (secondary N) is 1. The van der Waals surface area contributed by atoms with Crippen molar-refractivity contribution in [1.29, 1.82) is 0 Å². The second-order valence-electron chi connectivity index (χ2n) is 4.85. The van der Waals surface area contributed by atoms with Crippen molar-refractivity contribution in [2.45, 2.75) is 12.5 Å². The van der Waals surface area contributed by atoms with Crippen LogP contribution < -0.4 is 11.3 Å². The molecule has 0 saturated heterocycles. The zero-order valence-electron chi connectivity index (χ0n) is 11.1. The zero-order chi connectivity index (χ0) is 14.8. The molecule has 108 valence electrons. The maximum atomic E-state index is 6.30. The minimum atomic E-state index is 0.0566. The molecule has 21 heavy (non-hydrogen) atoms. The van der Waals surface area contributed by atoms with Crippen LogP contribution in [0.3, 0.4) is 0 Å². The topological polar surface area (TPSA) is 38.0 Å². The standard InChI is InChI=1S/C16H14BrClN2S/c17-12-6-5-10(13(18)9-12)7-14(20-19)16-8-11-3-1-2-4-15(11)21-16/h1-6,8-9,14,20H,7,19H2. The van der Waals surface area contributed by atoms with Crippen molar-refractivity contribution >= 4 is 49.0 Å². The number of hydrazine groups is 1. The molecule has 0 saturated carbocycles. The zero-order valence-corrected chi connectivity index (χ0v) is 14.3. The van der Waals surface area contributed by atoms with Crippen molar-refractivity contribution in [2.24, 2.45) is 5.84 Å². The number of hydrogen-bond acceptors (Lipinski definition) is 3. The van der Waals surface area contributed by atoms with Gasteiger partial charge in [-0.2, -0.15) is 0 Å². The normalized spacial score (nSPS) is 12.7. The number of thiophene rings is 1. The van der Waals surface area contributed by atoms with E-state index >= 15 is 0 Å². The van der Waals surface area contributed by atoms with Gasteiger partial charge >= 0.3 is 0 Å². The number of benzene rings is 2. The average molecular weight is 382 g/mol. The highest BCUT2D eigenvalue weighted by Gasteiger charge is 2.15. The Morgan fingerprint density at radius 1 is 1.19 bits per heavy atom. The van der Waals surface area contributed by atoms with Crippen molar-refractivity contribution in [1.82, 2.24) is 5.43 Å². The van der Waals surface area contributed by atoms with E-state index in [1.165, 1.54) is 15.0 Å². The SMILES string of the molecule is NNC(Cc1ccc(Br)cc1Cl)c1cc2ccccc2s1. The van der Waals surface area contributed by atoms with Crippen molar-refractivity contribution in [3.8, 4) is 0 Å². The van der Waals surface area contributed by atoms with Crippen LogP contribution in [0.4, 0.5) is 0 Å². The second-order valence-corrected chi connectivity index (χ2v) is 7.28. The summed E-state index contributed by atoms with van der Waals surface area (Å²) in [6, 6.07) is 16.5. The van der Waals surface area contributed by atoms with Gasteiger partial charge in [-0.05, 0) is 41.6 Å². The van der Waals surface area contributed by atoms with E-state index in [2.05, 4.69) is 51.7 Å². The van der Waals surface area contributed by atoms with Gasteiger partial charge in [0, 0.05) is 19.1 Å². The van der Waals surface area contributed by atoms with Crippen LogP contribution in [0.2, 0.25) is 5.02 Å². The van der Waals surface area contributed by atoms with E-state index in [0.29, 0.717) is 0 Å². The fraction of sp³-hybridized carbons (Fsp3) is 0.125. The Morgan fingerprint density at radius 3 is 2.71 bits per heavy atom. The average Bonchev–Trinajstić information content (AvgIpc) is 2.90. The van der Waals surface area contributed by atoms with Gasteiger partial charge in [0.1, 0.15) is 0 Å². The van der Waals surface area contributed by atoms with E-state index in [9.17, 15) is 0 Å². The molecule has 1 aromatic heterocycles. The summed E-state index contributed by atoms with van der Waals surface area (Å²) in [4.78, 5) is 1.22. The van der Waals surface area contributed by atoms with Gasteiger partial charge in [0.25, 0.3) is 0 Å². The highest BCUT2D eigenvalue weighted by atomic mass is 79.9. The summed E-state index contributed by atoms with van der Waals surface area (Å²) in [5.41, 5.74) is 3.99. The van der Waals surface area contributed by atoms with Crippen LogP contribution in [0.15, 0.2) is 53.0 Å². The summed E-state index contributed by atoms with van der Waals surface area (Å²) in [6.07, 6.45) is 0.759. The first-order chi connectivity index (χ1) is 10.2. The molecule has 2 aromatic carbocycles. The highest BCUT2D eigenvalue weighted by molar-refractivity contribution is 9.10. The summed E-state index contributed by atoms with van der Waals surface area (Å²) < 4.78 is 2.25. The Kier molecular flexibility index (Phi) is 4.62. The molecule has 1 unspecified atom stereocenters. The molecule has 5 heteroatoms. The Balaban J connectivity index is 1.90. The van der Waals surface area contributed by atoms with Gasteiger partial charge in [-0.15, -0.1) is 11.3 Å². The molecule has 0 bridgehead atoms. The second kappa shape index (κ2) is 6.46. The summed E-state index contributed by atoms with van der Waals surface area (Å²) >= 11 is 11.5. The van der Waals surface area contributed by atoms with Crippen molar-refractivity contribution in [2.75, 3.05) is 0 Å². The number of nitrogens with two attached hydrogens (primary N) is 1. The predicted octanol–water partition coefficient (Wildman–Crippen LogP) is 5.06. The van der Waals surface area contributed by atoms with Gasteiger partial charge in [0.2, 0.25) is 0 Å². The van der Waals surface area contributed by atoms with Crippen LogP contribution in [0, 0.1) is 0 Å². The van der Waals surface area contributed by atoms with E-state index in [1.807, 2.05) is 18.2 Å².